The minimum absolute atomic E-state index is 0.0282. The van der Waals surface area contributed by atoms with Gasteiger partial charge in [0.2, 0.25) is 0 Å². The van der Waals surface area contributed by atoms with E-state index in [0.29, 0.717) is 22.8 Å². The van der Waals surface area contributed by atoms with Crippen LogP contribution in [-0.4, -0.2) is 44.5 Å². The Morgan fingerprint density at radius 1 is 1.39 bits per heavy atom. The van der Waals surface area contributed by atoms with Gasteiger partial charge in [-0.1, -0.05) is 0 Å². The lowest BCUT2D eigenvalue weighted by Crippen LogP contribution is -2.09. The lowest BCUT2D eigenvalue weighted by Gasteiger charge is -2.06. The van der Waals surface area contributed by atoms with E-state index < -0.39 is 4.92 Å². The molecule has 0 aliphatic heterocycles. The van der Waals surface area contributed by atoms with Crippen molar-refractivity contribution >= 4 is 22.4 Å². The molecule has 0 aliphatic carbocycles. The lowest BCUT2D eigenvalue weighted by molar-refractivity contribution is -0.385. The Balaban J connectivity index is 1.81. The van der Waals surface area contributed by atoms with Crippen LogP contribution in [0.15, 0.2) is 18.7 Å². The largest absolute Gasteiger partial charge is 0.309 e. The molecule has 4 aromatic rings. The Hall–Kier alpha value is -3.37. The molecule has 0 spiro atoms. The van der Waals surface area contributed by atoms with E-state index >= 15 is 0 Å². The fourth-order valence-electron chi connectivity index (χ4n) is 2.40. The van der Waals surface area contributed by atoms with E-state index in [0.717, 1.165) is 5.39 Å². The quantitative estimate of drug-likeness (QED) is 0.441. The standard InChI is InChI=1S/C12H11N9O2/c1-6-9(21(22)23)4-19(17-6)7(2)10-15-12-8-3-14-16-11(8)13-5-20(12)18-10/h3-5,7H,1-2H3,(H,14,16). The zero-order chi connectivity index (χ0) is 16.1. The van der Waals surface area contributed by atoms with Gasteiger partial charge in [0.25, 0.3) is 0 Å². The topological polar surface area (TPSA) is 133 Å². The molecule has 4 rings (SSSR count). The van der Waals surface area contributed by atoms with Crippen LogP contribution in [0.2, 0.25) is 0 Å². The summed E-state index contributed by atoms with van der Waals surface area (Å²) < 4.78 is 3.04. The summed E-state index contributed by atoms with van der Waals surface area (Å²) >= 11 is 0. The van der Waals surface area contributed by atoms with Crippen LogP contribution < -0.4 is 0 Å². The smallest absolute Gasteiger partial charge is 0.261 e. The Kier molecular flexibility index (Phi) is 2.64. The number of aromatic amines is 1. The summed E-state index contributed by atoms with van der Waals surface area (Å²) in [5.41, 5.74) is 1.56. The van der Waals surface area contributed by atoms with E-state index in [-0.39, 0.29) is 11.7 Å². The molecule has 0 bridgehead atoms. The van der Waals surface area contributed by atoms with Gasteiger partial charge in [0.1, 0.15) is 24.3 Å². The number of nitrogens with one attached hydrogen (secondary N) is 1. The van der Waals surface area contributed by atoms with Gasteiger partial charge in [0.15, 0.2) is 17.1 Å². The Bertz CT molecular complexity index is 1040. The van der Waals surface area contributed by atoms with Crippen molar-refractivity contribution in [3.63, 3.8) is 0 Å². The highest BCUT2D eigenvalue weighted by atomic mass is 16.6. The molecule has 0 aliphatic rings. The molecule has 4 aromatic heterocycles. The maximum absolute atomic E-state index is 11.0. The molecule has 0 saturated carbocycles. The molecular weight excluding hydrogens is 302 g/mol. The van der Waals surface area contributed by atoms with Gasteiger partial charge in [0, 0.05) is 0 Å². The second-order valence-corrected chi connectivity index (χ2v) is 5.13. The SMILES string of the molecule is Cc1nn(C(C)c2nc3c4cn[nH]c4ncn3n2)cc1[N+](=O)[O-]. The number of hydrogen-bond donors (Lipinski definition) is 1. The van der Waals surface area contributed by atoms with Crippen molar-refractivity contribution in [3.8, 4) is 0 Å². The van der Waals surface area contributed by atoms with Crippen LogP contribution in [0.1, 0.15) is 24.5 Å². The molecule has 0 amide bonds. The van der Waals surface area contributed by atoms with Gasteiger partial charge in [-0.05, 0) is 13.8 Å². The Labute approximate surface area is 128 Å². The maximum atomic E-state index is 11.0. The van der Waals surface area contributed by atoms with E-state index in [9.17, 15) is 10.1 Å². The van der Waals surface area contributed by atoms with E-state index in [1.165, 1.54) is 17.2 Å². The van der Waals surface area contributed by atoms with Crippen molar-refractivity contribution in [1.82, 2.24) is 39.6 Å². The molecule has 11 nitrogen and oxygen atoms in total. The van der Waals surface area contributed by atoms with Crippen molar-refractivity contribution in [3.05, 3.63) is 40.4 Å². The third-order valence-corrected chi connectivity index (χ3v) is 3.66. The van der Waals surface area contributed by atoms with E-state index in [4.69, 9.17) is 0 Å². The van der Waals surface area contributed by atoms with Gasteiger partial charge in [-0.2, -0.15) is 10.2 Å². The van der Waals surface area contributed by atoms with E-state index in [1.807, 2.05) is 6.92 Å². The summed E-state index contributed by atoms with van der Waals surface area (Å²) in [6, 6.07) is -0.357. The second kappa shape index (κ2) is 4.56. The molecule has 11 heteroatoms. The van der Waals surface area contributed by atoms with Gasteiger partial charge in [-0.25, -0.2) is 14.5 Å². The van der Waals surface area contributed by atoms with Crippen molar-refractivity contribution in [2.24, 2.45) is 0 Å². The average molecular weight is 313 g/mol. The summed E-state index contributed by atoms with van der Waals surface area (Å²) in [7, 11) is 0. The highest BCUT2D eigenvalue weighted by Crippen LogP contribution is 2.22. The summed E-state index contributed by atoms with van der Waals surface area (Å²) in [6.07, 6.45) is 4.55. The van der Waals surface area contributed by atoms with Crippen LogP contribution in [0.3, 0.4) is 0 Å². The van der Waals surface area contributed by atoms with Gasteiger partial charge >= 0.3 is 5.69 Å². The second-order valence-electron chi connectivity index (χ2n) is 5.13. The average Bonchev–Trinajstić information content (AvgIpc) is 3.22. The van der Waals surface area contributed by atoms with Crippen LogP contribution in [0.25, 0.3) is 16.7 Å². The molecule has 116 valence electrons. The number of H-pyrrole nitrogens is 1. The minimum Gasteiger partial charge on any atom is -0.261 e. The van der Waals surface area contributed by atoms with Crippen molar-refractivity contribution < 1.29 is 4.92 Å². The zero-order valence-corrected chi connectivity index (χ0v) is 12.2. The number of rotatable bonds is 3. The number of fused-ring (bicyclic) bond motifs is 3. The highest BCUT2D eigenvalue weighted by molar-refractivity contribution is 5.87. The van der Waals surface area contributed by atoms with Gasteiger partial charge < -0.3 is 0 Å². The molecule has 1 unspecified atom stereocenters. The van der Waals surface area contributed by atoms with Gasteiger partial charge in [-0.3, -0.25) is 19.9 Å². The van der Waals surface area contributed by atoms with Crippen LogP contribution in [0, 0.1) is 17.0 Å². The summed E-state index contributed by atoms with van der Waals surface area (Å²) in [4.78, 5) is 19.2. The van der Waals surface area contributed by atoms with Crippen LogP contribution in [0.5, 0.6) is 0 Å². The van der Waals surface area contributed by atoms with E-state index in [2.05, 4.69) is 30.4 Å². The first-order valence-electron chi connectivity index (χ1n) is 6.79. The zero-order valence-electron chi connectivity index (χ0n) is 12.2. The maximum Gasteiger partial charge on any atom is 0.309 e. The predicted octanol–water partition coefficient (Wildman–Crippen LogP) is 1.02. The van der Waals surface area contributed by atoms with Crippen LogP contribution in [0.4, 0.5) is 5.69 Å². The van der Waals surface area contributed by atoms with Crippen molar-refractivity contribution in [2.45, 2.75) is 19.9 Å². The Morgan fingerprint density at radius 3 is 2.96 bits per heavy atom. The molecule has 0 aromatic carbocycles. The molecule has 23 heavy (non-hydrogen) atoms. The third kappa shape index (κ3) is 1.93. The molecule has 0 radical (unpaired) electrons. The molecular formula is C12H11N9O2. The molecule has 4 heterocycles. The number of nitrogens with zero attached hydrogens (tertiary/aromatic N) is 8. The number of aromatic nitrogens is 8. The van der Waals surface area contributed by atoms with Gasteiger partial charge in [-0.15, -0.1) is 5.10 Å². The van der Waals surface area contributed by atoms with E-state index in [1.54, 1.807) is 17.6 Å². The van der Waals surface area contributed by atoms with Crippen molar-refractivity contribution in [2.75, 3.05) is 0 Å². The van der Waals surface area contributed by atoms with Crippen LogP contribution in [-0.2, 0) is 0 Å². The van der Waals surface area contributed by atoms with Gasteiger partial charge in [0.05, 0.1) is 16.5 Å². The monoisotopic (exact) mass is 313 g/mol. The fourth-order valence-corrected chi connectivity index (χ4v) is 2.40. The molecule has 1 atom stereocenters. The minimum atomic E-state index is -0.457. The molecule has 0 saturated heterocycles. The normalized spacial score (nSPS) is 13.0. The molecule has 1 N–H and O–H groups in total. The first kappa shape index (κ1) is 13.3. The lowest BCUT2D eigenvalue weighted by atomic mass is 10.3. The summed E-state index contributed by atoms with van der Waals surface area (Å²) in [5.74, 6) is 0.484. The van der Waals surface area contributed by atoms with Crippen molar-refractivity contribution in [1.29, 1.82) is 0 Å². The number of hydrogen-bond acceptors (Lipinski definition) is 7. The number of aryl methyl sites for hydroxylation is 1. The Morgan fingerprint density at radius 2 is 2.22 bits per heavy atom. The highest BCUT2D eigenvalue weighted by Gasteiger charge is 2.22. The third-order valence-electron chi connectivity index (χ3n) is 3.66. The van der Waals surface area contributed by atoms with Crippen LogP contribution >= 0.6 is 0 Å². The summed E-state index contributed by atoms with van der Waals surface area (Å²) in [6.45, 7) is 3.42. The predicted molar refractivity (Wildman–Crippen MR) is 77.9 cm³/mol. The fraction of sp³-hybridized carbons (Fsp3) is 0.250. The first-order chi connectivity index (χ1) is 11.0. The molecule has 0 fully saturated rings. The first-order valence-corrected chi connectivity index (χ1v) is 6.79. The summed E-state index contributed by atoms with van der Waals surface area (Å²) in [5, 5.41) is 27.0. The number of nitro groups is 1.